The van der Waals surface area contributed by atoms with Gasteiger partial charge in [0.15, 0.2) is 0 Å². The molecule has 3 heteroatoms. The molecule has 1 saturated heterocycles. The molecular weight excluding hydrogens is 318 g/mol. The van der Waals surface area contributed by atoms with E-state index in [4.69, 9.17) is 0 Å². The summed E-state index contributed by atoms with van der Waals surface area (Å²) in [7, 11) is 0. The molecule has 0 spiro atoms. The van der Waals surface area contributed by atoms with Crippen LogP contribution < -0.4 is 5.32 Å². The standard InChI is InChI=1S/C23H25N3/c1-16-19-5-4-6-21-22(19)20(11-12-24-16)23(25-21)18-9-7-17(8-10-18)15-26-13-2-3-14-26/h4-10,24-25H,1-3,11-15H2. The van der Waals surface area contributed by atoms with Gasteiger partial charge in [-0.2, -0.15) is 0 Å². The van der Waals surface area contributed by atoms with Gasteiger partial charge in [-0.25, -0.2) is 0 Å². The SMILES string of the molecule is C=C1NCCc2c(-c3ccc(CN4CCCC4)cc3)[nH]c3cccc1c23. The van der Waals surface area contributed by atoms with Gasteiger partial charge in [0, 0.05) is 40.9 Å². The summed E-state index contributed by atoms with van der Waals surface area (Å²) < 4.78 is 0. The second kappa shape index (κ2) is 6.33. The highest BCUT2D eigenvalue weighted by Gasteiger charge is 2.19. The summed E-state index contributed by atoms with van der Waals surface area (Å²) >= 11 is 0. The molecule has 3 heterocycles. The lowest BCUT2D eigenvalue weighted by atomic mass is 9.99. The Morgan fingerprint density at radius 3 is 2.62 bits per heavy atom. The van der Waals surface area contributed by atoms with Crippen molar-refractivity contribution in [3.63, 3.8) is 0 Å². The molecule has 132 valence electrons. The third kappa shape index (κ3) is 2.63. The van der Waals surface area contributed by atoms with Gasteiger partial charge < -0.3 is 10.3 Å². The minimum Gasteiger partial charge on any atom is -0.385 e. The van der Waals surface area contributed by atoms with Gasteiger partial charge in [0.25, 0.3) is 0 Å². The van der Waals surface area contributed by atoms with Crippen molar-refractivity contribution in [3.8, 4) is 11.3 Å². The number of hydrogen-bond acceptors (Lipinski definition) is 2. The number of benzene rings is 2. The highest BCUT2D eigenvalue weighted by atomic mass is 15.1. The van der Waals surface area contributed by atoms with Crippen molar-refractivity contribution in [2.75, 3.05) is 19.6 Å². The van der Waals surface area contributed by atoms with Gasteiger partial charge in [-0.15, -0.1) is 0 Å². The molecular formula is C23H25N3. The van der Waals surface area contributed by atoms with E-state index in [0.717, 1.165) is 25.2 Å². The van der Waals surface area contributed by atoms with Crippen LogP contribution >= 0.6 is 0 Å². The molecule has 0 aliphatic carbocycles. The molecule has 5 rings (SSSR count). The van der Waals surface area contributed by atoms with Crippen LogP contribution in [-0.2, 0) is 13.0 Å². The van der Waals surface area contributed by atoms with Crippen LogP contribution in [0.1, 0.15) is 29.5 Å². The zero-order chi connectivity index (χ0) is 17.5. The van der Waals surface area contributed by atoms with E-state index in [1.807, 2.05) is 0 Å². The summed E-state index contributed by atoms with van der Waals surface area (Å²) in [5.41, 5.74) is 8.82. The zero-order valence-electron chi connectivity index (χ0n) is 15.1. The zero-order valence-corrected chi connectivity index (χ0v) is 15.1. The van der Waals surface area contributed by atoms with E-state index in [0.29, 0.717) is 0 Å². The van der Waals surface area contributed by atoms with Crippen LogP contribution in [0.5, 0.6) is 0 Å². The van der Waals surface area contributed by atoms with Crippen LogP contribution in [0.2, 0.25) is 0 Å². The van der Waals surface area contributed by atoms with Crippen LogP contribution in [0.4, 0.5) is 0 Å². The fourth-order valence-electron chi connectivity index (χ4n) is 4.47. The van der Waals surface area contributed by atoms with E-state index in [2.05, 4.69) is 64.2 Å². The van der Waals surface area contributed by atoms with Crippen molar-refractivity contribution in [2.24, 2.45) is 0 Å². The van der Waals surface area contributed by atoms with E-state index in [9.17, 15) is 0 Å². The number of aromatic nitrogens is 1. The molecule has 3 nitrogen and oxygen atoms in total. The number of nitrogens with one attached hydrogen (secondary N) is 2. The summed E-state index contributed by atoms with van der Waals surface area (Å²) in [4.78, 5) is 6.22. The van der Waals surface area contributed by atoms with Crippen molar-refractivity contribution in [3.05, 3.63) is 65.7 Å². The summed E-state index contributed by atoms with van der Waals surface area (Å²) in [6, 6.07) is 15.6. The van der Waals surface area contributed by atoms with Crippen molar-refractivity contribution in [1.82, 2.24) is 15.2 Å². The Balaban J connectivity index is 1.53. The maximum Gasteiger partial charge on any atom is 0.0498 e. The lowest BCUT2D eigenvalue weighted by Crippen LogP contribution is -2.18. The highest BCUT2D eigenvalue weighted by Crippen LogP contribution is 2.36. The minimum absolute atomic E-state index is 0.931. The normalized spacial score (nSPS) is 17.5. The Labute approximate surface area is 154 Å². The van der Waals surface area contributed by atoms with E-state index >= 15 is 0 Å². The van der Waals surface area contributed by atoms with Crippen molar-refractivity contribution >= 4 is 16.6 Å². The Hall–Kier alpha value is -2.52. The van der Waals surface area contributed by atoms with Crippen molar-refractivity contribution in [1.29, 1.82) is 0 Å². The third-order valence-electron chi connectivity index (χ3n) is 5.81. The predicted octanol–water partition coefficient (Wildman–Crippen LogP) is 4.55. The summed E-state index contributed by atoms with van der Waals surface area (Å²) in [5, 5.41) is 4.78. The molecule has 0 bridgehead atoms. The molecule has 2 N–H and O–H groups in total. The maximum atomic E-state index is 4.21. The topological polar surface area (TPSA) is 31.1 Å². The Morgan fingerprint density at radius 2 is 1.81 bits per heavy atom. The maximum absolute atomic E-state index is 4.21. The van der Waals surface area contributed by atoms with E-state index in [1.165, 1.54) is 64.8 Å². The molecule has 0 saturated carbocycles. The van der Waals surface area contributed by atoms with E-state index in [1.54, 1.807) is 0 Å². The summed E-state index contributed by atoms with van der Waals surface area (Å²) in [5.74, 6) is 0. The Kier molecular flexibility index (Phi) is 3.83. The number of H-pyrrole nitrogens is 1. The van der Waals surface area contributed by atoms with Gasteiger partial charge in [0.2, 0.25) is 0 Å². The van der Waals surface area contributed by atoms with Crippen LogP contribution in [-0.4, -0.2) is 29.5 Å². The van der Waals surface area contributed by atoms with Gasteiger partial charge in [-0.1, -0.05) is 43.0 Å². The predicted molar refractivity (Wildman–Crippen MR) is 109 cm³/mol. The highest BCUT2D eigenvalue weighted by molar-refractivity contribution is 5.99. The van der Waals surface area contributed by atoms with Crippen LogP contribution in [0, 0.1) is 0 Å². The molecule has 1 aromatic heterocycles. The minimum atomic E-state index is 0.931. The fraction of sp³-hybridized carbons (Fsp3) is 0.304. The smallest absolute Gasteiger partial charge is 0.0498 e. The van der Waals surface area contributed by atoms with Gasteiger partial charge in [0.05, 0.1) is 0 Å². The average Bonchev–Trinajstić information content (AvgIpc) is 3.26. The molecule has 0 atom stereocenters. The van der Waals surface area contributed by atoms with Gasteiger partial charge in [-0.05, 0) is 55.1 Å². The number of likely N-dealkylation sites (tertiary alicyclic amines) is 1. The first-order valence-electron chi connectivity index (χ1n) is 9.68. The van der Waals surface area contributed by atoms with Crippen molar-refractivity contribution in [2.45, 2.75) is 25.8 Å². The quantitative estimate of drug-likeness (QED) is 0.731. The fourth-order valence-corrected chi connectivity index (χ4v) is 4.47. The number of rotatable bonds is 3. The first kappa shape index (κ1) is 15.7. The van der Waals surface area contributed by atoms with Crippen molar-refractivity contribution < 1.29 is 0 Å². The molecule has 3 aromatic rings. The first-order valence-corrected chi connectivity index (χ1v) is 9.68. The average molecular weight is 343 g/mol. The Morgan fingerprint density at radius 1 is 1.00 bits per heavy atom. The monoisotopic (exact) mass is 343 g/mol. The van der Waals surface area contributed by atoms with Crippen LogP contribution in [0.15, 0.2) is 49.0 Å². The van der Waals surface area contributed by atoms with Crippen LogP contribution in [0.3, 0.4) is 0 Å². The Bertz CT molecular complexity index is 959. The van der Waals surface area contributed by atoms with Crippen LogP contribution in [0.25, 0.3) is 27.9 Å². The van der Waals surface area contributed by atoms with E-state index < -0.39 is 0 Å². The number of nitrogens with zero attached hydrogens (tertiary/aromatic N) is 1. The number of aromatic amines is 1. The molecule has 0 radical (unpaired) electrons. The second-order valence-electron chi connectivity index (χ2n) is 7.54. The molecule has 1 fully saturated rings. The summed E-state index contributed by atoms with van der Waals surface area (Å²) in [6.45, 7) is 8.71. The third-order valence-corrected chi connectivity index (χ3v) is 5.81. The van der Waals surface area contributed by atoms with Gasteiger partial charge in [0.1, 0.15) is 0 Å². The molecule has 26 heavy (non-hydrogen) atoms. The van der Waals surface area contributed by atoms with E-state index in [-0.39, 0.29) is 0 Å². The largest absolute Gasteiger partial charge is 0.385 e. The molecule has 2 aliphatic heterocycles. The first-order chi connectivity index (χ1) is 12.8. The molecule has 0 amide bonds. The summed E-state index contributed by atoms with van der Waals surface area (Å²) in [6.07, 6.45) is 3.71. The molecule has 2 aliphatic rings. The van der Waals surface area contributed by atoms with Gasteiger partial charge >= 0.3 is 0 Å². The van der Waals surface area contributed by atoms with Gasteiger partial charge in [-0.3, -0.25) is 4.90 Å². The molecule has 2 aromatic carbocycles. The second-order valence-corrected chi connectivity index (χ2v) is 7.54. The lowest BCUT2D eigenvalue weighted by molar-refractivity contribution is 0.331. The number of hydrogen-bond donors (Lipinski definition) is 2. The molecule has 0 unspecified atom stereocenters. The lowest BCUT2D eigenvalue weighted by Gasteiger charge is -2.14.